The highest BCUT2D eigenvalue weighted by molar-refractivity contribution is 5.74. The summed E-state index contributed by atoms with van der Waals surface area (Å²) in [4.78, 5) is 14.2. The van der Waals surface area contributed by atoms with Crippen molar-refractivity contribution in [2.24, 2.45) is 0 Å². The molecule has 0 saturated heterocycles. The molecule has 1 aromatic heterocycles. The molecule has 25 heavy (non-hydrogen) atoms. The van der Waals surface area contributed by atoms with E-state index in [1.807, 2.05) is 44.2 Å². The number of nitrogens with one attached hydrogen (secondary N) is 1. The standard InChI is InChI=1S/C19H25N3O3/c1-13-16(14(2)25-21-13)12-22(3)19(23)20-17-10-7-11-18(17)24-15-8-5-4-6-9-15/h4-6,8-9,17-18H,7,10-12H2,1-3H3,(H,20,23)/t17-,18-/m1/s1. The smallest absolute Gasteiger partial charge is 0.317 e. The molecule has 6 nitrogen and oxygen atoms in total. The van der Waals surface area contributed by atoms with Crippen molar-refractivity contribution in [3.63, 3.8) is 0 Å². The Morgan fingerprint density at radius 2 is 2.08 bits per heavy atom. The van der Waals surface area contributed by atoms with Crippen LogP contribution < -0.4 is 10.1 Å². The first-order valence-corrected chi connectivity index (χ1v) is 8.69. The van der Waals surface area contributed by atoms with Crippen LogP contribution in [-0.4, -0.2) is 35.3 Å². The Morgan fingerprint density at radius 3 is 2.76 bits per heavy atom. The number of benzene rings is 1. The molecule has 1 saturated carbocycles. The van der Waals surface area contributed by atoms with Crippen LogP contribution in [0, 0.1) is 13.8 Å². The first-order chi connectivity index (χ1) is 12.0. The van der Waals surface area contributed by atoms with Gasteiger partial charge in [-0.2, -0.15) is 0 Å². The number of hydrogen-bond acceptors (Lipinski definition) is 4. The zero-order chi connectivity index (χ0) is 17.8. The molecular weight excluding hydrogens is 318 g/mol. The largest absolute Gasteiger partial charge is 0.488 e. The van der Waals surface area contributed by atoms with Gasteiger partial charge in [0.1, 0.15) is 17.6 Å². The third-order valence-corrected chi connectivity index (χ3v) is 4.72. The number of hydrogen-bond donors (Lipinski definition) is 1. The molecule has 1 aliphatic carbocycles. The van der Waals surface area contributed by atoms with E-state index in [2.05, 4.69) is 10.5 Å². The van der Waals surface area contributed by atoms with Crippen molar-refractivity contribution in [1.82, 2.24) is 15.4 Å². The summed E-state index contributed by atoms with van der Waals surface area (Å²) in [6.45, 7) is 4.23. The Bertz CT molecular complexity index is 694. The van der Waals surface area contributed by atoms with Crippen LogP contribution >= 0.6 is 0 Å². The van der Waals surface area contributed by atoms with E-state index in [1.165, 1.54) is 0 Å². The molecule has 1 aliphatic rings. The van der Waals surface area contributed by atoms with Gasteiger partial charge in [-0.3, -0.25) is 0 Å². The van der Waals surface area contributed by atoms with Crippen LogP contribution in [0.5, 0.6) is 5.75 Å². The highest BCUT2D eigenvalue weighted by Crippen LogP contribution is 2.25. The Labute approximate surface area is 148 Å². The number of aromatic nitrogens is 1. The van der Waals surface area contributed by atoms with E-state index < -0.39 is 0 Å². The van der Waals surface area contributed by atoms with Crippen LogP contribution in [0.15, 0.2) is 34.9 Å². The lowest BCUT2D eigenvalue weighted by Crippen LogP contribution is -2.47. The lowest BCUT2D eigenvalue weighted by molar-refractivity contribution is 0.161. The minimum atomic E-state index is -0.103. The average Bonchev–Trinajstić information content (AvgIpc) is 3.17. The van der Waals surface area contributed by atoms with E-state index >= 15 is 0 Å². The molecular formula is C19H25N3O3. The monoisotopic (exact) mass is 343 g/mol. The maximum atomic E-state index is 12.6. The van der Waals surface area contributed by atoms with Crippen LogP contribution in [0.25, 0.3) is 0 Å². The Morgan fingerprint density at radius 1 is 1.32 bits per heavy atom. The molecule has 0 aliphatic heterocycles. The van der Waals surface area contributed by atoms with Crippen molar-refractivity contribution in [2.45, 2.75) is 51.8 Å². The van der Waals surface area contributed by atoms with Gasteiger partial charge in [-0.25, -0.2) is 4.79 Å². The maximum Gasteiger partial charge on any atom is 0.317 e. The quantitative estimate of drug-likeness (QED) is 0.903. The normalized spacial score (nSPS) is 19.6. The second kappa shape index (κ2) is 7.59. The molecule has 0 unspecified atom stereocenters. The summed E-state index contributed by atoms with van der Waals surface area (Å²) < 4.78 is 11.2. The van der Waals surface area contributed by atoms with Crippen molar-refractivity contribution >= 4 is 6.03 Å². The number of aryl methyl sites for hydroxylation is 2. The van der Waals surface area contributed by atoms with Crippen LogP contribution in [0.4, 0.5) is 4.79 Å². The zero-order valence-corrected chi connectivity index (χ0v) is 15.0. The maximum absolute atomic E-state index is 12.6. The van der Waals surface area contributed by atoms with E-state index in [9.17, 15) is 4.79 Å². The van der Waals surface area contributed by atoms with E-state index in [0.717, 1.165) is 42.0 Å². The van der Waals surface area contributed by atoms with Crippen molar-refractivity contribution in [1.29, 1.82) is 0 Å². The van der Waals surface area contributed by atoms with Gasteiger partial charge in [-0.05, 0) is 45.2 Å². The van der Waals surface area contributed by atoms with Crippen molar-refractivity contribution < 1.29 is 14.1 Å². The second-order valence-electron chi connectivity index (χ2n) is 6.62. The zero-order valence-electron chi connectivity index (χ0n) is 15.0. The molecule has 2 amide bonds. The van der Waals surface area contributed by atoms with E-state index in [-0.39, 0.29) is 18.2 Å². The first kappa shape index (κ1) is 17.3. The van der Waals surface area contributed by atoms with Crippen LogP contribution in [-0.2, 0) is 6.54 Å². The van der Waals surface area contributed by atoms with E-state index in [1.54, 1.807) is 11.9 Å². The van der Waals surface area contributed by atoms with Crippen LogP contribution in [0.2, 0.25) is 0 Å². The predicted octanol–water partition coefficient (Wildman–Crippen LogP) is 3.43. The van der Waals surface area contributed by atoms with Gasteiger partial charge >= 0.3 is 6.03 Å². The van der Waals surface area contributed by atoms with E-state index in [0.29, 0.717) is 6.54 Å². The SMILES string of the molecule is Cc1noc(C)c1CN(C)C(=O)N[C@@H]1CCC[C@H]1Oc1ccccc1. The number of rotatable bonds is 5. The van der Waals surface area contributed by atoms with Gasteiger partial charge in [0.15, 0.2) is 0 Å². The number of nitrogens with zero attached hydrogens (tertiary/aromatic N) is 2. The average molecular weight is 343 g/mol. The van der Waals surface area contributed by atoms with Gasteiger partial charge < -0.3 is 19.5 Å². The molecule has 1 N–H and O–H groups in total. The molecule has 134 valence electrons. The number of amides is 2. The number of para-hydroxylation sites is 1. The summed E-state index contributed by atoms with van der Waals surface area (Å²) in [6, 6.07) is 9.68. The minimum absolute atomic E-state index is 0.0128. The van der Waals surface area contributed by atoms with Gasteiger partial charge in [-0.15, -0.1) is 0 Å². The fourth-order valence-electron chi connectivity index (χ4n) is 3.21. The van der Waals surface area contributed by atoms with Gasteiger partial charge in [0.25, 0.3) is 0 Å². The number of urea groups is 1. The van der Waals surface area contributed by atoms with Crippen LogP contribution in [0.1, 0.15) is 36.3 Å². The molecule has 0 spiro atoms. The van der Waals surface area contributed by atoms with Crippen molar-refractivity contribution in [3.05, 3.63) is 47.3 Å². The number of carbonyl (C=O) groups is 1. The topological polar surface area (TPSA) is 67.6 Å². The van der Waals surface area contributed by atoms with E-state index in [4.69, 9.17) is 9.26 Å². The lowest BCUT2D eigenvalue weighted by Gasteiger charge is -2.25. The van der Waals surface area contributed by atoms with Crippen LogP contribution in [0.3, 0.4) is 0 Å². The molecule has 0 bridgehead atoms. The third-order valence-electron chi connectivity index (χ3n) is 4.72. The summed E-state index contributed by atoms with van der Waals surface area (Å²) in [6.07, 6.45) is 2.95. The minimum Gasteiger partial charge on any atom is -0.488 e. The Balaban J connectivity index is 1.57. The van der Waals surface area contributed by atoms with Gasteiger partial charge in [0.05, 0.1) is 18.3 Å². The second-order valence-corrected chi connectivity index (χ2v) is 6.62. The van der Waals surface area contributed by atoms with Gasteiger partial charge in [-0.1, -0.05) is 23.4 Å². The Kier molecular flexibility index (Phi) is 5.26. The highest BCUT2D eigenvalue weighted by atomic mass is 16.5. The number of carbonyl (C=O) groups excluding carboxylic acids is 1. The predicted molar refractivity (Wildman–Crippen MR) is 94.5 cm³/mol. The molecule has 1 aromatic carbocycles. The molecule has 6 heteroatoms. The molecule has 1 heterocycles. The van der Waals surface area contributed by atoms with Gasteiger partial charge in [0, 0.05) is 12.6 Å². The summed E-state index contributed by atoms with van der Waals surface area (Å²) in [5.41, 5.74) is 1.78. The van der Waals surface area contributed by atoms with Crippen molar-refractivity contribution in [3.8, 4) is 5.75 Å². The fourth-order valence-corrected chi connectivity index (χ4v) is 3.21. The van der Waals surface area contributed by atoms with Gasteiger partial charge in [0.2, 0.25) is 0 Å². The molecule has 2 atom stereocenters. The summed E-state index contributed by atoms with van der Waals surface area (Å²) >= 11 is 0. The molecule has 0 radical (unpaired) electrons. The lowest BCUT2D eigenvalue weighted by atomic mass is 10.2. The molecule has 1 fully saturated rings. The number of ether oxygens (including phenoxy) is 1. The fraction of sp³-hybridized carbons (Fsp3) is 0.474. The highest BCUT2D eigenvalue weighted by Gasteiger charge is 2.31. The molecule has 2 aromatic rings. The third kappa shape index (κ3) is 4.13. The van der Waals surface area contributed by atoms with Crippen molar-refractivity contribution in [2.75, 3.05) is 7.05 Å². The summed E-state index contributed by atoms with van der Waals surface area (Å²) in [7, 11) is 1.78. The summed E-state index contributed by atoms with van der Waals surface area (Å²) in [5.74, 6) is 1.60. The first-order valence-electron chi connectivity index (χ1n) is 8.69. The molecule has 3 rings (SSSR count). The Hall–Kier alpha value is -2.50. The summed E-state index contributed by atoms with van der Waals surface area (Å²) in [5, 5.41) is 7.05.